The first kappa shape index (κ1) is 17.5. The Labute approximate surface area is 151 Å². The zero-order valence-electron chi connectivity index (χ0n) is 13.2. The van der Waals surface area contributed by atoms with Crippen LogP contribution in [0.3, 0.4) is 0 Å². The van der Waals surface area contributed by atoms with Crippen molar-refractivity contribution in [2.75, 3.05) is 5.32 Å². The summed E-state index contributed by atoms with van der Waals surface area (Å²) in [6, 6.07) is 11.8. The van der Waals surface area contributed by atoms with Crippen molar-refractivity contribution >= 4 is 28.3 Å². The third-order valence-corrected chi connectivity index (χ3v) is 4.09. The molecule has 2 N–H and O–H groups in total. The fraction of sp³-hybridized carbons (Fsp3) is 0.0588. The summed E-state index contributed by atoms with van der Waals surface area (Å²) >= 11 is 1.05. The highest BCUT2D eigenvalue weighted by Gasteiger charge is 2.17. The molecule has 0 aliphatic rings. The summed E-state index contributed by atoms with van der Waals surface area (Å²) in [6.07, 6.45) is 0. The normalized spacial score (nSPS) is 10.3. The number of aromatic carboxylic acids is 1. The Kier molecular flexibility index (Phi) is 5.18. The number of carbonyl (C=O) groups excluding carboxylic acids is 1. The van der Waals surface area contributed by atoms with Gasteiger partial charge in [0.1, 0.15) is 6.61 Å². The summed E-state index contributed by atoms with van der Waals surface area (Å²) < 4.78 is 18.8. The highest BCUT2D eigenvalue weighted by atomic mass is 32.1. The molecule has 132 valence electrons. The molecule has 3 aromatic rings. The zero-order chi connectivity index (χ0) is 18.5. The van der Waals surface area contributed by atoms with E-state index in [0.717, 1.165) is 11.3 Å². The molecule has 0 saturated carbocycles. The quantitative estimate of drug-likeness (QED) is 0.688. The number of nitrogens with zero attached hydrogens (tertiary/aromatic N) is 2. The van der Waals surface area contributed by atoms with Gasteiger partial charge in [0.15, 0.2) is 16.6 Å². The second-order valence-electron chi connectivity index (χ2n) is 5.02. The Balaban J connectivity index is 1.66. The molecule has 0 saturated heterocycles. The maximum absolute atomic E-state index is 13.5. The lowest BCUT2D eigenvalue weighted by Crippen LogP contribution is -2.16. The van der Waals surface area contributed by atoms with Gasteiger partial charge in [0, 0.05) is 0 Å². The van der Waals surface area contributed by atoms with Crippen LogP contribution in [-0.2, 0) is 6.61 Å². The third-order valence-electron chi connectivity index (χ3n) is 3.28. The van der Waals surface area contributed by atoms with Gasteiger partial charge in [-0.2, -0.15) is 0 Å². The molecule has 0 bridgehead atoms. The number of carbonyl (C=O) groups is 2. The van der Waals surface area contributed by atoms with Gasteiger partial charge in [0.2, 0.25) is 5.13 Å². The number of nitrogens with one attached hydrogen (secondary N) is 1. The van der Waals surface area contributed by atoms with Gasteiger partial charge >= 0.3 is 5.97 Å². The number of anilines is 1. The molecule has 9 heteroatoms. The predicted octanol–water partition coefficient (Wildman–Crippen LogP) is 3.21. The summed E-state index contributed by atoms with van der Waals surface area (Å²) in [5.41, 5.74) is -0.100. The molecule has 0 spiro atoms. The minimum absolute atomic E-state index is 0.0133. The molecule has 3 rings (SSSR count). The van der Waals surface area contributed by atoms with Crippen LogP contribution in [0.2, 0.25) is 0 Å². The van der Waals surface area contributed by atoms with Gasteiger partial charge in [-0.3, -0.25) is 10.1 Å². The van der Waals surface area contributed by atoms with E-state index in [1.807, 2.05) is 0 Å². The van der Waals surface area contributed by atoms with E-state index >= 15 is 0 Å². The summed E-state index contributed by atoms with van der Waals surface area (Å²) in [5, 5.41) is 19.9. The van der Waals surface area contributed by atoms with E-state index in [1.54, 1.807) is 18.2 Å². The lowest BCUT2D eigenvalue weighted by Gasteiger charge is -2.05. The van der Waals surface area contributed by atoms with Gasteiger partial charge in [-0.15, -0.1) is 10.2 Å². The fourth-order valence-electron chi connectivity index (χ4n) is 2.10. The standard InChI is InChI=1S/C17H12FN3O4S/c18-12-7-3-4-8-13(12)25-9-14-20-21-17(26-14)19-15(22)10-5-1-2-6-11(10)16(23)24/h1-8H,9H2,(H,23,24)(H,19,21,22). The van der Waals surface area contributed by atoms with Gasteiger partial charge in [-0.25, -0.2) is 9.18 Å². The van der Waals surface area contributed by atoms with E-state index in [-0.39, 0.29) is 28.6 Å². The van der Waals surface area contributed by atoms with Crippen LogP contribution in [0.1, 0.15) is 25.7 Å². The molecule has 1 aromatic heterocycles. The lowest BCUT2D eigenvalue weighted by molar-refractivity contribution is 0.0692. The number of para-hydroxylation sites is 1. The Bertz CT molecular complexity index is 960. The monoisotopic (exact) mass is 373 g/mol. The van der Waals surface area contributed by atoms with Crippen LogP contribution in [0, 0.1) is 5.82 Å². The molecule has 0 radical (unpaired) electrons. The molecule has 0 unspecified atom stereocenters. The van der Waals surface area contributed by atoms with Crippen molar-refractivity contribution in [3.8, 4) is 5.75 Å². The predicted molar refractivity (Wildman–Crippen MR) is 92.0 cm³/mol. The highest BCUT2D eigenvalue weighted by Crippen LogP contribution is 2.21. The lowest BCUT2D eigenvalue weighted by atomic mass is 10.1. The maximum atomic E-state index is 13.5. The fourth-order valence-corrected chi connectivity index (χ4v) is 2.74. The van der Waals surface area contributed by atoms with Crippen LogP contribution < -0.4 is 10.1 Å². The van der Waals surface area contributed by atoms with Crippen LogP contribution in [0.15, 0.2) is 48.5 Å². The Hall–Kier alpha value is -3.33. The van der Waals surface area contributed by atoms with Crippen LogP contribution in [0.25, 0.3) is 0 Å². The average molecular weight is 373 g/mol. The molecule has 0 aliphatic carbocycles. The Morgan fingerprint density at radius 2 is 1.77 bits per heavy atom. The Morgan fingerprint density at radius 1 is 1.08 bits per heavy atom. The maximum Gasteiger partial charge on any atom is 0.336 e. The van der Waals surface area contributed by atoms with Gasteiger partial charge in [-0.1, -0.05) is 35.6 Å². The molecular formula is C17H12FN3O4S. The van der Waals surface area contributed by atoms with Crippen LogP contribution in [0.5, 0.6) is 5.75 Å². The molecule has 0 atom stereocenters. The smallest absolute Gasteiger partial charge is 0.336 e. The third kappa shape index (κ3) is 4.01. The SMILES string of the molecule is O=C(O)c1ccccc1C(=O)Nc1nnc(COc2ccccc2F)s1. The second-order valence-corrected chi connectivity index (χ2v) is 6.09. The molecule has 0 aliphatic heterocycles. The largest absolute Gasteiger partial charge is 0.483 e. The minimum atomic E-state index is -1.20. The number of carboxylic acid groups (broad SMARTS) is 1. The van der Waals surface area contributed by atoms with E-state index in [9.17, 15) is 14.0 Å². The molecule has 0 fully saturated rings. The Morgan fingerprint density at radius 3 is 2.50 bits per heavy atom. The molecule has 1 amide bonds. The van der Waals surface area contributed by atoms with Gasteiger partial charge in [0.25, 0.3) is 5.91 Å². The highest BCUT2D eigenvalue weighted by molar-refractivity contribution is 7.15. The van der Waals surface area contributed by atoms with Crippen molar-refractivity contribution in [2.45, 2.75) is 6.61 Å². The van der Waals surface area contributed by atoms with E-state index in [2.05, 4.69) is 15.5 Å². The van der Waals surface area contributed by atoms with Crippen molar-refractivity contribution in [3.05, 3.63) is 70.5 Å². The van der Waals surface area contributed by atoms with E-state index in [0.29, 0.717) is 5.01 Å². The second kappa shape index (κ2) is 7.70. The topological polar surface area (TPSA) is 101 Å². The summed E-state index contributed by atoms with van der Waals surface area (Å²) in [5.74, 6) is -2.22. The van der Waals surface area contributed by atoms with Gasteiger partial charge in [-0.05, 0) is 24.3 Å². The first-order valence-electron chi connectivity index (χ1n) is 7.38. The van der Waals surface area contributed by atoms with Crippen molar-refractivity contribution < 1.29 is 23.8 Å². The van der Waals surface area contributed by atoms with Gasteiger partial charge < -0.3 is 9.84 Å². The molecule has 7 nitrogen and oxygen atoms in total. The summed E-state index contributed by atoms with van der Waals surface area (Å²) in [6.45, 7) is -0.0137. The summed E-state index contributed by atoms with van der Waals surface area (Å²) in [4.78, 5) is 23.4. The van der Waals surface area contributed by atoms with Crippen molar-refractivity contribution in [1.82, 2.24) is 10.2 Å². The molecule has 26 heavy (non-hydrogen) atoms. The average Bonchev–Trinajstić information content (AvgIpc) is 3.08. The van der Waals surface area contributed by atoms with Crippen molar-refractivity contribution in [1.29, 1.82) is 0 Å². The number of carboxylic acids is 1. The number of hydrogen-bond donors (Lipinski definition) is 2. The van der Waals surface area contributed by atoms with E-state index in [4.69, 9.17) is 9.84 Å². The first-order chi connectivity index (χ1) is 12.5. The van der Waals surface area contributed by atoms with E-state index < -0.39 is 17.7 Å². The molecular weight excluding hydrogens is 361 g/mol. The van der Waals surface area contributed by atoms with Crippen LogP contribution >= 0.6 is 11.3 Å². The number of halogens is 1. The number of benzene rings is 2. The van der Waals surface area contributed by atoms with Gasteiger partial charge in [0.05, 0.1) is 11.1 Å². The zero-order valence-corrected chi connectivity index (χ0v) is 14.0. The number of hydrogen-bond acceptors (Lipinski definition) is 6. The number of rotatable bonds is 6. The molecule has 1 heterocycles. The number of ether oxygens (including phenoxy) is 1. The van der Waals surface area contributed by atoms with E-state index in [1.165, 1.54) is 30.3 Å². The number of amides is 1. The summed E-state index contributed by atoms with van der Waals surface area (Å²) in [7, 11) is 0. The van der Waals surface area contributed by atoms with Crippen molar-refractivity contribution in [3.63, 3.8) is 0 Å². The molecule has 2 aromatic carbocycles. The minimum Gasteiger partial charge on any atom is -0.483 e. The number of aromatic nitrogens is 2. The van der Waals surface area contributed by atoms with Crippen LogP contribution in [-0.4, -0.2) is 27.2 Å². The first-order valence-corrected chi connectivity index (χ1v) is 8.19. The van der Waals surface area contributed by atoms with Crippen LogP contribution in [0.4, 0.5) is 9.52 Å². The van der Waals surface area contributed by atoms with Crippen molar-refractivity contribution in [2.24, 2.45) is 0 Å².